The van der Waals surface area contributed by atoms with Crippen LogP contribution >= 0.6 is 15.9 Å². The molecule has 0 saturated carbocycles. The third-order valence-electron chi connectivity index (χ3n) is 4.42. The van der Waals surface area contributed by atoms with Crippen molar-refractivity contribution in [2.24, 2.45) is 5.73 Å². The van der Waals surface area contributed by atoms with Gasteiger partial charge in [-0.25, -0.2) is 0 Å². The Morgan fingerprint density at radius 3 is 2.65 bits per heavy atom. The van der Waals surface area contributed by atoms with Crippen LogP contribution in [0.5, 0.6) is 0 Å². The first-order chi connectivity index (χ1) is 9.65. The van der Waals surface area contributed by atoms with Gasteiger partial charge in [0.15, 0.2) is 0 Å². The van der Waals surface area contributed by atoms with E-state index in [-0.39, 0.29) is 5.84 Å². The normalized spacial score (nSPS) is 23.4. The summed E-state index contributed by atoms with van der Waals surface area (Å²) in [6.07, 6.45) is 3.96. The molecule has 0 radical (unpaired) electrons. The van der Waals surface area contributed by atoms with Gasteiger partial charge in [-0.1, -0.05) is 0 Å². The molecule has 2 aliphatic heterocycles. The van der Waals surface area contributed by atoms with Gasteiger partial charge in [0.05, 0.1) is 5.69 Å². The quantitative estimate of drug-likeness (QED) is 0.658. The van der Waals surface area contributed by atoms with Gasteiger partial charge in [0.1, 0.15) is 5.84 Å². The van der Waals surface area contributed by atoms with Crippen molar-refractivity contribution in [2.75, 3.05) is 31.1 Å². The molecule has 1 unspecified atom stereocenters. The van der Waals surface area contributed by atoms with Gasteiger partial charge in [0, 0.05) is 29.2 Å². The Balaban J connectivity index is 1.72. The van der Waals surface area contributed by atoms with Crippen LogP contribution < -0.4 is 10.6 Å². The topological polar surface area (TPSA) is 56.4 Å². The predicted molar refractivity (Wildman–Crippen MR) is 86.6 cm³/mol. The number of halogens is 1. The van der Waals surface area contributed by atoms with Crippen molar-refractivity contribution in [3.63, 3.8) is 0 Å². The Kier molecular flexibility index (Phi) is 3.98. The number of hydrogen-bond donors (Lipinski definition) is 2. The average Bonchev–Trinajstić information content (AvgIpc) is 3.09. The van der Waals surface area contributed by atoms with E-state index in [0.29, 0.717) is 6.04 Å². The summed E-state index contributed by atoms with van der Waals surface area (Å²) in [5, 5.41) is 7.49. The van der Waals surface area contributed by atoms with Crippen molar-refractivity contribution in [1.82, 2.24) is 4.90 Å². The SMILES string of the molecule is N=C(N)c1ccc(N2CCC(N3CCCC3)C2)c(Br)c1. The molecule has 0 spiro atoms. The number of nitrogens with one attached hydrogen (secondary N) is 1. The standard InChI is InChI=1S/C15H21BrN4/c16-13-9-11(15(17)18)3-4-14(13)20-8-5-12(10-20)19-6-1-2-7-19/h3-4,9,12H,1-2,5-8,10H2,(H3,17,18). The largest absolute Gasteiger partial charge is 0.384 e. The van der Waals surface area contributed by atoms with Crippen molar-refractivity contribution in [3.05, 3.63) is 28.2 Å². The molecule has 0 aliphatic carbocycles. The third kappa shape index (κ3) is 2.69. The minimum absolute atomic E-state index is 0.119. The Morgan fingerprint density at radius 1 is 1.25 bits per heavy atom. The van der Waals surface area contributed by atoms with Gasteiger partial charge in [-0.15, -0.1) is 0 Å². The summed E-state index contributed by atoms with van der Waals surface area (Å²) in [5.41, 5.74) is 7.53. The van der Waals surface area contributed by atoms with Crippen LogP contribution in [0.3, 0.4) is 0 Å². The van der Waals surface area contributed by atoms with Crippen molar-refractivity contribution in [3.8, 4) is 0 Å². The number of nitrogens with two attached hydrogens (primary N) is 1. The zero-order chi connectivity index (χ0) is 14.1. The molecule has 4 nitrogen and oxygen atoms in total. The van der Waals surface area contributed by atoms with E-state index >= 15 is 0 Å². The molecular weight excluding hydrogens is 316 g/mol. The Hall–Kier alpha value is -1.07. The van der Waals surface area contributed by atoms with Gasteiger partial charge in [0.25, 0.3) is 0 Å². The first-order valence-electron chi connectivity index (χ1n) is 7.28. The molecule has 108 valence electrons. The summed E-state index contributed by atoms with van der Waals surface area (Å²) in [4.78, 5) is 5.08. The van der Waals surface area contributed by atoms with Crippen molar-refractivity contribution in [2.45, 2.75) is 25.3 Å². The fraction of sp³-hybridized carbons (Fsp3) is 0.533. The van der Waals surface area contributed by atoms with Gasteiger partial charge in [-0.2, -0.15) is 0 Å². The number of nitrogens with zero attached hydrogens (tertiary/aromatic N) is 2. The minimum atomic E-state index is 0.119. The van der Waals surface area contributed by atoms with Gasteiger partial charge in [-0.05, 0) is 66.5 Å². The smallest absolute Gasteiger partial charge is 0.122 e. The fourth-order valence-corrected chi connectivity index (χ4v) is 3.93. The van der Waals surface area contributed by atoms with Crippen LogP contribution in [0.2, 0.25) is 0 Å². The van der Waals surface area contributed by atoms with Gasteiger partial charge in [0.2, 0.25) is 0 Å². The van der Waals surface area contributed by atoms with E-state index in [1.165, 1.54) is 38.0 Å². The van der Waals surface area contributed by atoms with Crippen molar-refractivity contribution in [1.29, 1.82) is 5.41 Å². The van der Waals surface area contributed by atoms with E-state index in [0.717, 1.165) is 23.1 Å². The monoisotopic (exact) mass is 336 g/mol. The van der Waals surface area contributed by atoms with Crippen LogP contribution in [0.15, 0.2) is 22.7 Å². The van der Waals surface area contributed by atoms with Gasteiger partial charge >= 0.3 is 0 Å². The zero-order valence-corrected chi connectivity index (χ0v) is 13.2. The van der Waals surface area contributed by atoms with Gasteiger partial charge in [-0.3, -0.25) is 10.3 Å². The molecular formula is C15H21BrN4. The molecule has 3 N–H and O–H groups in total. The highest BCUT2D eigenvalue weighted by Crippen LogP contribution is 2.31. The van der Waals surface area contributed by atoms with Crippen molar-refractivity contribution >= 4 is 27.5 Å². The summed E-state index contributed by atoms with van der Waals surface area (Å²) in [6.45, 7) is 4.75. The maximum Gasteiger partial charge on any atom is 0.122 e. The van der Waals surface area contributed by atoms with Crippen LogP contribution in [-0.2, 0) is 0 Å². The molecule has 0 aromatic heterocycles. The van der Waals surface area contributed by atoms with E-state index in [2.05, 4.69) is 31.8 Å². The number of benzene rings is 1. The van der Waals surface area contributed by atoms with E-state index in [4.69, 9.17) is 11.1 Å². The van der Waals surface area contributed by atoms with E-state index < -0.39 is 0 Å². The summed E-state index contributed by atoms with van der Waals surface area (Å²) in [6, 6.07) is 6.66. The van der Waals surface area contributed by atoms with Gasteiger partial charge < -0.3 is 10.6 Å². The Bertz CT molecular complexity index is 511. The highest BCUT2D eigenvalue weighted by Gasteiger charge is 2.29. The number of anilines is 1. The second kappa shape index (κ2) is 5.74. The number of nitrogen functional groups attached to an aromatic ring is 1. The lowest BCUT2D eigenvalue weighted by atomic mass is 10.2. The molecule has 1 aromatic rings. The van der Waals surface area contributed by atoms with E-state index in [1.807, 2.05) is 12.1 Å². The lowest BCUT2D eigenvalue weighted by Gasteiger charge is -2.25. The lowest BCUT2D eigenvalue weighted by molar-refractivity contribution is 0.260. The molecule has 2 heterocycles. The molecule has 2 fully saturated rings. The maximum atomic E-state index is 7.49. The second-order valence-corrected chi connectivity index (χ2v) is 6.57. The first-order valence-corrected chi connectivity index (χ1v) is 8.07. The minimum Gasteiger partial charge on any atom is -0.384 e. The highest BCUT2D eigenvalue weighted by atomic mass is 79.9. The number of amidine groups is 1. The first kappa shape index (κ1) is 13.9. The fourth-order valence-electron chi connectivity index (χ4n) is 3.30. The zero-order valence-electron chi connectivity index (χ0n) is 11.6. The van der Waals surface area contributed by atoms with Crippen LogP contribution in [0.25, 0.3) is 0 Å². The van der Waals surface area contributed by atoms with E-state index in [9.17, 15) is 0 Å². The van der Waals surface area contributed by atoms with Crippen LogP contribution in [-0.4, -0.2) is 43.0 Å². The number of likely N-dealkylation sites (tertiary alicyclic amines) is 1. The molecule has 0 bridgehead atoms. The maximum absolute atomic E-state index is 7.49. The van der Waals surface area contributed by atoms with Crippen molar-refractivity contribution < 1.29 is 0 Å². The van der Waals surface area contributed by atoms with Crippen LogP contribution in [0.4, 0.5) is 5.69 Å². The summed E-state index contributed by atoms with van der Waals surface area (Å²) < 4.78 is 1.03. The Morgan fingerprint density at radius 2 is 2.00 bits per heavy atom. The Labute approximate surface area is 128 Å². The summed E-state index contributed by atoms with van der Waals surface area (Å²) >= 11 is 3.62. The molecule has 5 heteroatoms. The molecule has 0 amide bonds. The molecule has 2 saturated heterocycles. The molecule has 1 aromatic carbocycles. The predicted octanol–water partition coefficient (Wildman–Crippen LogP) is 2.41. The number of hydrogen-bond acceptors (Lipinski definition) is 3. The summed E-state index contributed by atoms with van der Waals surface area (Å²) in [5.74, 6) is 0.119. The van der Waals surface area contributed by atoms with Crippen LogP contribution in [0, 0.1) is 5.41 Å². The highest BCUT2D eigenvalue weighted by molar-refractivity contribution is 9.10. The second-order valence-electron chi connectivity index (χ2n) is 5.71. The molecule has 20 heavy (non-hydrogen) atoms. The summed E-state index contributed by atoms with van der Waals surface area (Å²) in [7, 11) is 0. The lowest BCUT2D eigenvalue weighted by Crippen LogP contribution is -2.35. The third-order valence-corrected chi connectivity index (χ3v) is 5.05. The number of rotatable bonds is 3. The van der Waals surface area contributed by atoms with Crippen LogP contribution in [0.1, 0.15) is 24.8 Å². The molecule has 2 aliphatic rings. The average molecular weight is 337 g/mol. The molecule has 1 atom stereocenters. The molecule has 3 rings (SSSR count). The van der Waals surface area contributed by atoms with E-state index in [1.54, 1.807) is 0 Å².